The van der Waals surface area contributed by atoms with Gasteiger partial charge in [0.1, 0.15) is 5.60 Å². The van der Waals surface area contributed by atoms with Crippen LogP contribution >= 0.6 is 0 Å². The SMILES string of the molecule is CC(C)(C)OC(=O)C[C@@H](CCCC1CCCCC1)c1nc(CNC2CC2)no1. The molecule has 158 valence electrons. The third kappa shape index (κ3) is 7.53. The molecule has 2 fully saturated rings. The summed E-state index contributed by atoms with van der Waals surface area (Å²) in [6.45, 7) is 6.33. The lowest BCUT2D eigenvalue weighted by atomic mass is 9.84. The standard InChI is InChI=1S/C22H37N3O3/c1-22(2,3)27-20(26)14-17(11-7-10-16-8-5-4-6-9-16)21-24-19(25-28-21)15-23-18-12-13-18/h16-18,23H,4-15H2,1-3H3/t17-/m1/s1. The monoisotopic (exact) mass is 391 g/mol. The highest BCUT2D eigenvalue weighted by atomic mass is 16.6. The molecule has 0 amide bonds. The maximum Gasteiger partial charge on any atom is 0.307 e. The normalized spacial score (nSPS) is 19.5. The van der Waals surface area contributed by atoms with Gasteiger partial charge in [0.25, 0.3) is 0 Å². The molecule has 0 spiro atoms. The second-order valence-corrected chi connectivity index (χ2v) is 9.63. The van der Waals surface area contributed by atoms with E-state index in [4.69, 9.17) is 9.26 Å². The zero-order valence-electron chi connectivity index (χ0n) is 17.8. The van der Waals surface area contributed by atoms with E-state index in [0.29, 0.717) is 30.7 Å². The van der Waals surface area contributed by atoms with Gasteiger partial charge < -0.3 is 14.6 Å². The minimum atomic E-state index is -0.474. The van der Waals surface area contributed by atoms with Gasteiger partial charge in [-0.05, 0) is 46.0 Å². The van der Waals surface area contributed by atoms with Crippen molar-refractivity contribution in [3.05, 3.63) is 11.7 Å². The summed E-state index contributed by atoms with van der Waals surface area (Å²) >= 11 is 0. The molecule has 1 atom stereocenters. The third-order valence-corrected chi connectivity index (χ3v) is 5.68. The molecular formula is C22H37N3O3. The third-order valence-electron chi connectivity index (χ3n) is 5.68. The number of esters is 1. The Kier molecular flexibility index (Phi) is 7.49. The lowest BCUT2D eigenvalue weighted by molar-refractivity contribution is -0.155. The van der Waals surface area contributed by atoms with E-state index in [-0.39, 0.29) is 11.9 Å². The second kappa shape index (κ2) is 9.86. The van der Waals surface area contributed by atoms with Crippen LogP contribution in [-0.4, -0.2) is 27.8 Å². The van der Waals surface area contributed by atoms with Crippen molar-refractivity contribution in [2.24, 2.45) is 5.92 Å². The van der Waals surface area contributed by atoms with E-state index in [1.165, 1.54) is 51.4 Å². The fraction of sp³-hybridized carbons (Fsp3) is 0.864. The maximum absolute atomic E-state index is 12.4. The Morgan fingerprint density at radius 2 is 1.96 bits per heavy atom. The molecule has 6 heteroatoms. The van der Waals surface area contributed by atoms with Gasteiger partial charge in [-0.1, -0.05) is 50.1 Å². The van der Waals surface area contributed by atoms with Gasteiger partial charge >= 0.3 is 5.97 Å². The van der Waals surface area contributed by atoms with E-state index in [1.807, 2.05) is 20.8 Å². The van der Waals surface area contributed by atoms with Crippen LogP contribution in [0.1, 0.15) is 109 Å². The highest BCUT2D eigenvalue weighted by molar-refractivity contribution is 5.70. The van der Waals surface area contributed by atoms with Crippen molar-refractivity contribution >= 4 is 5.97 Å². The van der Waals surface area contributed by atoms with Gasteiger partial charge in [0.15, 0.2) is 5.82 Å². The number of carbonyl (C=O) groups excluding carboxylic acids is 1. The summed E-state index contributed by atoms with van der Waals surface area (Å²) in [7, 11) is 0. The van der Waals surface area contributed by atoms with Crippen molar-refractivity contribution in [3.63, 3.8) is 0 Å². The molecule has 0 bridgehead atoms. The highest BCUT2D eigenvalue weighted by Crippen LogP contribution is 2.31. The van der Waals surface area contributed by atoms with Gasteiger partial charge in [-0.3, -0.25) is 4.79 Å². The molecule has 0 unspecified atom stereocenters. The van der Waals surface area contributed by atoms with Crippen molar-refractivity contribution in [3.8, 4) is 0 Å². The van der Waals surface area contributed by atoms with E-state index in [2.05, 4.69) is 15.5 Å². The average Bonchev–Trinajstić information content (AvgIpc) is 3.34. The summed E-state index contributed by atoms with van der Waals surface area (Å²) < 4.78 is 11.1. The van der Waals surface area contributed by atoms with Crippen LogP contribution in [0.5, 0.6) is 0 Å². The quantitative estimate of drug-likeness (QED) is 0.572. The van der Waals surface area contributed by atoms with Crippen molar-refractivity contribution in [1.29, 1.82) is 0 Å². The van der Waals surface area contributed by atoms with Gasteiger partial charge in [0, 0.05) is 12.0 Å². The van der Waals surface area contributed by atoms with Crippen LogP contribution in [0.4, 0.5) is 0 Å². The summed E-state index contributed by atoms with van der Waals surface area (Å²) in [5, 5.41) is 7.52. The Bertz CT molecular complexity index is 613. The number of carbonyl (C=O) groups is 1. The fourth-order valence-corrected chi connectivity index (χ4v) is 4.05. The molecule has 0 aliphatic heterocycles. The van der Waals surface area contributed by atoms with Gasteiger partial charge in [0.2, 0.25) is 5.89 Å². The molecule has 6 nitrogen and oxygen atoms in total. The van der Waals surface area contributed by atoms with Crippen LogP contribution in [0.2, 0.25) is 0 Å². The Balaban J connectivity index is 1.55. The van der Waals surface area contributed by atoms with Crippen molar-refractivity contribution in [2.75, 3.05) is 0 Å². The number of nitrogens with zero attached hydrogens (tertiary/aromatic N) is 2. The van der Waals surface area contributed by atoms with Crippen LogP contribution in [-0.2, 0) is 16.1 Å². The molecule has 2 saturated carbocycles. The molecule has 0 radical (unpaired) electrons. The fourth-order valence-electron chi connectivity index (χ4n) is 4.05. The van der Waals surface area contributed by atoms with Crippen LogP contribution in [0, 0.1) is 5.92 Å². The van der Waals surface area contributed by atoms with Gasteiger partial charge in [0.05, 0.1) is 13.0 Å². The Hall–Kier alpha value is -1.43. The van der Waals surface area contributed by atoms with E-state index in [0.717, 1.165) is 18.8 Å². The van der Waals surface area contributed by atoms with Crippen molar-refractivity contribution in [2.45, 2.75) is 116 Å². The molecule has 0 aromatic carbocycles. The lowest BCUT2D eigenvalue weighted by Crippen LogP contribution is -2.25. The molecule has 2 aliphatic rings. The van der Waals surface area contributed by atoms with Gasteiger partial charge in [-0.2, -0.15) is 4.98 Å². The van der Waals surface area contributed by atoms with E-state index < -0.39 is 5.60 Å². The summed E-state index contributed by atoms with van der Waals surface area (Å²) in [5.41, 5.74) is -0.474. The highest BCUT2D eigenvalue weighted by Gasteiger charge is 2.27. The summed E-state index contributed by atoms with van der Waals surface area (Å²) in [6, 6.07) is 0.606. The zero-order valence-corrected chi connectivity index (χ0v) is 17.8. The molecule has 2 aliphatic carbocycles. The van der Waals surface area contributed by atoms with Crippen LogP contribution in [0.3, 0.4) is 0 Å². The first kappa shape index (κ1) is 21.3. The first-order valence-electron chi connectivity index (χ1n) is 11.2. The Morgan fingerprint density at radius 3 is 2.64 bits per heavy atom. The maximum atomic E-state index is 12.4. The number of hydrogen-bond donors (Lipinski definition) is 1. The minimum absolute atomic E-state index is 0.0550. The summed E-state index contributed by atoms with van der Waals surface area (Å²) in [5.74, 6) is 1.87. The smallest absolute Gasteiger partial charge is 0.307 e. The molecule has 1 heterocycles. The van der Waals surface area contributed by atoms with E-state index >= 15 is 0 Å². The number of nitrogens with one attached hydrogen (secondary N) is 1. The molecular weight excluding hydrogens is 354 g/mol. The predicted molar refractivity (Wildman–Crippen MR) is 108 cm³/mol. The number of aromatic nitrogens is 2. The van der Waals surface area contributed by atoms with Crippen LogP contribution in [0.15, 0.2) is 4.52 Å². The molecule has 0 saturated heterocycles. The number of ether oxygens (including phenoxy) is 1. The minimum Gasteiger partial charge on any atom is -0.460 e. The molecule has 1 aromatic heterocycles. The molecule has 1 aromatic rings. The molecule has 28 heavy (non-hydrogen) atoms. The topological polar surface area (TPSA) is 77.2 Å². The Morgan fingerprint density at radius 1 is 1.21 bits per heavy atom. The van der Waals surface area contributed by atoms with Crippen LogP contribution in [0.25, 0.3) is 0 Å². The average molecular weight is 392 g/mol. The van der Waals surface area contributed by atoms with Gasteiger partial charge in [-0.15, -0.1) is 0 Å². The van der Waals surface area contributed by atoms with E-state index in [1.54, 1.807) is 0 Å². The first-order valence-corrected chi connectivity index (χ1v) is 11.2. The van der Waals surface area contributed by atoms with Gasteiger partial charge in [-0.25, -0.2) is 0 Å². The number of rotatable bonds is 10. The second-order valence-electron chi connectivity index (χ2n) is 9.63. The first-order chi connectivity index (χ1) is 13.4. The summed E-state index contributed by atoms with van der Waals surface area (Å²) in [6.07, 6.45) is 12.8. The van der Waals surface area contributed by atoms with E-state index in [9.17, 15) is 4.79 Å². The largest absolute Gasteiger partial charge is 0.460 e. The lowest BCUT2D eigenvalue weighted by Gasteiger charge is -2.23. The number of hydrogen-bond acceptors (Lipinski definition) is 6. The Labute approximate surface area is 169 Å². The molecule has 1 N–H and O–H groups in total. The van der Waals surface area contributed by atoms with Crippen LogP contribution < -0.4 is 5.32 Å². The predicted octanol–water partition coefficient (Wildman–Crippen LogP) is 4.89. The summed E-state index contributed by atoms with van der Waals surface area (Å²) in [4.78, 5) is 17.0. The van der Waals surface area contributed by atoms with Crippen molar-refractivity contribution < 1.29 is 14.1 Å². The molecule has 3 rings (SSSR count). The zero-order chi connectivity index (χ0) is 20.0. The van der Waals surface area contributed by atoms with Crippen molar-refractivity contribution in [1.82, 2.24) is 15.5 Å².